The fourth-order valence-corrected chi connectivity index (χ4v) is 3.96. The Bertz CT molecular complexity index is 453. The molecule has 0 aromatic heterocycles. The third-order valence-electron chi connectivity index (χ3n) is 5.06. The van der Waals surface area contributed by atoms with E-state index in [1.807, 2.05) is 6.07 Å². The SMILES string of the molecule is CCCCC1CCC(CO)(Cc2cccc(F)c2Br)CC1. The van der Waals surface area contributed by atoms with Crippen molar-refractivity contribution < 1.29 is 9.50 Å². The molecule has 0 saturated heterocycles. The van der Waals surface area contributed by atoms with Gasteiger partial charge in [0.2, 0.25) is 0 Å². The van der Waals surface area contributed by atoms with Gasteiger partial charge in [0.15, 0.2) is 0 Å². The maximum Gasteiger partial charge on any atom is 0.137 e. The molecule has 0 heterocycles. The summed E-state index contributed by atoms with van der Waals surface area (Å²) in [5, 5.41) is 9.92. The molecule has 0 amide bonds. The molecule has 0 unspecified atom stereocenters. The van der Waals surface area contributed by atoms with Crippen LogP contribution in [0, 0.1) is 17.2 Å². The summed E-state index contributed by atoms with van der Waals surface area (Å²) >= 11 is 3.35. The lowest BCUT2D eigenvalue weighted by molar-refractivity contribution is 0.0618. The van der Waals surface area contributed by atoms with Crippen LogP contribution in [0.25, 0.3) is 0 Å². The Morgan fingerprint density at radius 3 is 2.67 bits per heavy atom. The molecule has 1 nitrogen and oxygen atoms in total. The summed E-state index contributed by atoms with van der Waals surface area (Å²) in [6, 6.07) is 5.20. The van der Waals surface area contributed by atoms with Crippen LogP contribution >= 0.6 is 15.9 Å². The van der Waals surface area contributed by atoms with Gasteiger partial charge in [-0.25, -0.2) is 4.39 Å². The van der Waals surface area contributed by atoms with E-state index in [2.05, 4.69) is 22.9 Å². The van der Waals surface area contributed by atoms with Crippen molar-refractivity contribution >= 4 is 15.9 Å². The van der Waals surface area contributed by atoms with Crippen LogP contribution in [0.2, 0.25) is 0 Å². The highest BCUT2D eigenvalue weighted by molar-refractivity contribution is 9.10. The summed E-state index contributed by atoms with van der Waals surface area (Å²) in [7, 11) is 0. The normalized spacial score (nSPS) is 26.0. The zero-order valence-electron chi connectivity index (χ0n) is 12.9. The Morgan fingerprint density at radius 2 is 2.05 bits per heavy atom. The number of hydrogen-bond donors (Lipinski definition) is 1. The summed E-state index contributed by atoms with van der Waals surface area (Å²) in [4.78, 5) is 0. The molecule has 1 aromatic rings. The van der Waals surface area contributed by atoms with Crippen LogP contribution in [-0.2, 0) is 6.42 Å². The molecule has 0 spiro atoms. The molecule has 1 saturated carbocycles. The molecule has 0 bridgehead atoms. The Balaban J connectivity index is 2.01. The fraction of sp³-hybridized carbons (Fsp3) is 0.667. The summed E-state index contributed by atoms with van der Waals surface area (Å²) in [6.45, 7) is 2.44. The first kappa shape index (κ1) is 17.0. The predicted octanol–water partition coefficient (Wildman–Crippen LogP) is 5.49. The average molecular weight is 357 g/mol. The van der Waals surface area contributed by atoms with E-state index in [-0.39, 0.29) is 17.8 Å². The number of halogens is 2. The lowest BCUT2D eigenvalue weighted by Crippen LogP contribution is -2.33. The molecule has 1 N–H and O–H groups in total. The third-order valence-corrected chi connectivity index (χ3v) is 5.95. The van der Waals surface area contributed by atoms with E-state index in [1.54, 1.807) is 6.07 Å². The number of hydrogen-bond acceptors (Lipinski definition) is 1. The van der Waals surface area contributed by atoms with E-state index in [1.165, 1.54) is 38.2 Å². The minimum Gasteiger partial charge on any atom is -0.396 e. The molecule has 118 valence electrons. The standard InChI is InChI=1S/C18H26BrFO/c1-2-3-5-14-8-10-18(13-21,11-9-14)12-15-6-4-7-16(20)17(15)19/h4,6-7,14,21H,2-3,5,8-13H2,1H3. The van der Waals surface area contributed by atoms with Gasteiger partial charge >= 0.3 is 0 Å². The summed E-state index contributed by atoms with van der Waals surface area (Å²) < 4.78 is 14.2. The fourth-order valence-electron chi connectivity index (χ4n) is 3.55. The first-order valence-electron chi connectivity index (χ1n) is 8.14. The van der Waals surface area contributed by atoms with Gasteiger partial charge in [-0.3, -0.25) is 0 Å². The summed E-state index contributed by atoms with van der Waals surface area (Å²) in [5.41, 5.74) is 0.926. The van der Waals surface area contributed by atoms with Crippen LogP contribution in [0.1, 0.15) is 57.4 Å². The average Bonchev–Trinajstić information content (AvgIpc) is 2.51. The number of benzene rings is 1. The van der Waals surface area contributed by atoms with Gasteiger partial charge in [0.25, 0.3) is 0 Å². The van der Waals surface area contributed by atoms with Crippen molar-refractivity contribution in [3.8, 4) is 0 Å². The number of rotatable bonds is 6. The molecular weight excluding hydrogens is 331 g/mol. The lowest BCUT2D eigenvalue weighted by atomic mass is 9.67. The highest BCUT2D eigenvalue weighted by Crippen LogP contribution is 2.43. The van der Waals surface area contributed by atoms with Crippen LogP contribution in [0.15, 0.2) is 22.7 Å². The van der Waals surface area contributed by atoms with Crippen molar-refractivity contribution in [1.29, 1.82) is 0 Å². The number of unbranched alkanes of at least 4 members (excludes halogenated alkanes) is 1. The highest BCUT2D eigenvalue weighted by Gasteiger charge is 2.35. The molecule has 2 rings (SSSR count). The van der Waals surface area contributed by atoms with Crippen molar-refractivity contribution in [2.45, 2.75) is 58.3 Å². The van der Waals surface area contributed by atoms with E-state index < -0.39 is 0 Å². The quantitative estimate of drug-likeness (QED) is 0.714. The smallest absolute Gasteiger partial charge is 0.137 e. The minimum absolute atomic E-state index is 0.0565. The molecule has 0 aliphatic heterocycles. The van der Waals surface area contributed by atoms with Crippen LogP contribution in [0.4, 0.5) is 4.39 Å². The van der Waals surface area contributed by atoms with E-state index in [4.69, 9.17) is 0 Å². The van der Waals surface area contributed by atoms with Crippen LogP contribution in [0.5, 0.6) is 0 Å². The number of aliphatic hydroxyl groups excluding tert-OH is 1. The number of aliphatic hydroxyl groups is 1. The molecule has 3 heteroatoms. The van der Waals surface area contributed by atoms with Gasteiger partial charge in [0.1, 0.15) is 5.82 Å². The first-order chi connectivity index (χ1) is 10.1. The second-order valence-electron chi connectivity index (χ2n) is 6.63. The van der Waals surface area contributed by atoms with Gasteiger partial charge in [-0.05, 0) is 71.0 Å². The predicted molar refractivity (Wildman–Crippen MR) is 88.8 cm³/mol. The van der Waals surface area contributed by atoms with Gasteiger partial charge in [-0.2, -0.15) is 0 Å². The van der Waals surface area contributed by atoms with Crippen molar-refractivity contribution in [2.75, 3.05) is 6.61 Å². The van der Waals surface area contributed by atoms with Crippen LogP contribution in [-0.4, -0.2) is 11.7 Å². The summed E-state index contributed by atoms with van der Waals surface area (Å²) in [6.07, 6.45) is 9.18. The molecule has 1 aromatic carbocycles. The Kier molecular flexibility index (Phi) is 6.24. The van der Waals surface area contributed by atoms with Gasteiger partial charge in [-0.1, -0.05) is 38.3 Å². The zero-order chi connectivity index (χ0) is 15.3. The highest BCUT2D eigenvalue weighted by atomic mass is 79.9. The summed E-state index contributed by atoms with van der Waals surface area (Å²) in [5.74, 6) is 0.609. The van der Waals surface area contributed by atoms with Crippen LogP contribution < -0.4 is 0 Å². The Labute approximate surface area is 136 Å². The molecule has 1 aliphatic rings. The lowest BCUT2D eigenvalue weighted by Gasteiger charge is -2.39. The maximum atomic E-state index is 13.7. The second-order valence-corrected chi connectivity index (χ2v) is 7.43. The van der Waals surface area contributed by atoms with E-state index in [9.17, 15) is 9.50 Å². The minimum atomic E-state index is -0.211. The van der Waals surface area contributed by atoms with Crippen LogP contribution in [0.3, 0.4) is 0 Å². The molecule has 0 radical (unpaired) electrons. The van der Waals surface area contributed by atoms with Gasteiger partial charge in [0.05, 0.1) is 4.47 Å². The Hall–Kier alpha value is -0.410. The van der Waals surface area contributed by atoms with Crippen molar-refractivity contribution in [1.82, 2.24) is 0 Å². The largest absolute Gasteiger partial charge is 0.396 e. The Morgan fingerprint density at radius 1 is 1.33 bits per heavy atom. The zero-order valence-corrected chi connectivity index (χ0v) is 14.5. The molecule has 21 heavy (non-hydrogen) atoms. The topological polar surface area (TPSA) is 20.2 Å². The van der Waals surface area contributed by atoms with Crippen molar-refractivity contribution in [3.05, 3.63) is 34.1 Å². The van der Waals surface area contributed by atoms with Crippen molar-refractivity contribution in [2.24, 2.45) is 11.3 Å². The van der Waals surface area contributed by atoms with E-state index in [0.29, 0.717) is 4.47 Å². The molecule has 1 fully saturated rings. The van der Waals surface area contributed by atoms with E-state index in [0.717, 1.165) is 30.7 Å². The van der Waals surface area contributed by atoms with Gasteiger partial charge in [-0.15, -0.1) is 0 Å². The van der Waals surface area contributed by atoms with Gasteiger partial charge < -0.3 is 5.11 Å². The maximum absolute atomic E-state index is 13.7. The first-order valence-corrected chi connectivity index (χ1v) is 8.93. The monoisotopic (exact) mass is 356 g/mol. The molecular formula is C18H26BrFO. The molecule has 1 aliphatic carbocycles. The second kappa shape index (κ2) is 7.73. The van der Waals surface area contributed by atoms with Crippen molar-refractivity contribution in [3.63, 3.8) is 0 Å². The van der Waals surface area contributed by atoms with E-state index >= 15 is 0 Å². The van der Waals surface area contributed by atoms with Gasteiger partial charge in [0, 0.05) is 6.61 Å². The molecule has 0 atom stereocenters. The third kappa shape index (κ3) is 4.29.